The van der Waals surface area contributed by atoms with E-state index in [2.05, 4.69) is 10.5 Å². The van der Waals surface area contributed by atoms with Crippen LogP contribution in [0.15, 0.2) is 47.6 Å². The fraction of sp³-hybridized carbons (Fsp3) is 0.263. The second-order valence-corrected chi connectivity index (χ2v) is 5.51. The smallest absolute Gasteiger partial charge is 0.271 e. The molecule has 0 spiro atoms. The van der Waals surface area contributed by atoms with Crippen LogP contribution < -0.4 is 19.8 Å². The van der Waals surface area contributed by atoms with Crippen LogP contribution in [-0.4, -0.2) is 51.6 Å². The quantitative estimate of drug-likeness (QED) is 0.557. The van der Waals surface area contributed by atoms with Gasteiger partial charge < -0.3 is 19.5 Å². The Morgan fingerprint density at radius 3 is 2.46 bits per heavy atom. The van der Waals surface area contributed by atoms with Crippen LogP contribution in [0, 0.1) is 0 Å². The number of likely N-dealkylation sites (N-methyl/N-ethyl adjacent to an activating group) is 1. The van der Waals surface area contributed by atoms with Crippen LogP contribution in [0.25, 0.3) is 0 Å². The molecule has 1 amide bonds. The Kier molecular flexibility index (Phi) is 6.99. The van der Waals surface area contributed by atoms with Gasteiger partial charge in [0.1, 0.15) is 0 Å². The minimum absolute atomic E-state index is 0.0991. The molecule has 26 heavy (non-hydrogen) atoms. The van der Waals surface area contributed by atoms with E-state index in [1.54, 1.807) is 24.4 Å². The van der Waals surface area contributed by atoms with Gasteiger partial charge in [-0.2, -0.15) is 5.10 Å². The largest absolute Gasteiger partial charge is 0.493 e. The highest BCUT2D eigenvalue weighted by atomic mass is 16.5. The topological polar surface area (TPSA) is 83.4 Å². The van der Waals surface area contributed by atoms with E-state index in [4.69, 9.17) is 14.6 Å². The molecule has 0 aliphatic rings. The van der Waals surface area contributed by atoms with Gasteiger partial charge in [-0.15, -0.1) is 0 Å². The van der Waals surface area contributed by atoms with Crippen molar-refractivity contribution in [3.63, 3.8) is 0 Å². The molecular formula is C19H23N3O4. The Bertz CT molecular complexity index is 760. The predicted molar refractivity (Wildman–Crippen MR) is 101 cm³/mol. The van der Waals surface area contributed by atoms with Gasteiger partial charge in [-0.25, -0.2) is 5.43 Å². The first-order chi connectivity index (χ1) is 12.6. The van der Waals surface area contributed by atoms with E-state index in [-0.39, 0.29) is 12.5 Å². The molecule has 0 saturated carbocycles. The number of nitrogens with one attached hydrogen (secondary N) is 1. The van der Waals surface area contributed by atoms with Gasteiger partial charge in [-0.3, -0.25) is 4.79 Å². The summed E-state index contributed by atoms with van der Waals surface area (Å²) in [5, 5.41) is 12.9. The van der Waals surface area contributed by atoms with Gasteiger partial charge in [-0.05, 0) is 35.9 Å². The van der Waals surface area contributed by atoms with Crippen molar-refractivity contribution in [1.29, 1.82) is 0 Å². The molecule has 2 rings (SSSR count). The molecule has 0 heterocycles. The molecule has 2 N–H and O–H groups in total. The first-order valence-electron chi connectivity index (χ1n) is 8.06. The normalized spacial score (nSPS) is 10.6. The maximum absolute atomic E-state index is 12.2. The zero-order valence-electron chi connectivity index (χ0n) is 15.1. The number of amides is 1. The molecule has 0 atom stereocenters. The fourth-order valence-corrected chi connectivity index (χ4v) is 2.30. The summed E-state index contributed by atoms with van der Waals surface area (Å²) in [6.07, 6.45) is 1.56. The van der Waals surface area contributed by atoms with E-state index in [0.29, 0.717) is 23.6 Å². The molecule has 0 saturated heterocycles. The Morgan fingerprint density at radius 1 is 1.15 bits per heavy atom. The zero-order chi connectivity index (χ0) is 18.9. The number of methoxy groups -OCH3 is 2. The van der Waals surface area contributed by atoms with E-state index in [1.807, 2.05) is 36.2 Å². The molecule has 2 aromatic carbocycles. The Hall–Kier alpha value is -3.06. The summed E-state index contributed by atoms with van der Waals surface area (Å²) in [6, 6.07) is 12.5. The highest BCUT2D eigenvalue weighted by Crippen LogP contribution is 2.27. The number of hydrogen-bond donors (Lipinski definition) is 2. The number of carbonyl (C=O) groups excluding carboxylic acids is 1. The minimum Gasteiger partial charge on any atom is -0.493 e. The van der Waals surface area contributed by atoms with Crippen LogP contribution in [0.5, 0.6) is 11.5 Å². The number of aliphatic hydroxyl groups is 1. The van der Waals surface area contributed by atoms with E-state index < -0.39 is 0 Å². The molecule has 0 fully saturated rings. The predicted octanol–water partition coefficient (Wildman–Crippen LogP) is 1.90. The summed E-state index contributed by atoms with van der Waals surface area (Å²) in [5.41, 5.74) is 4.74. The van der Waals surface area contributed by atoms with Gasteiger partial charge in [0, 0.05) is 24.8 Å². The molecule has 0 aromatic heterocycles. The summed E-state index contributed by atoms with van der Waals surface area (Å²) >= 11 is 0. The lowest BCUT2D eigenvalue weighted by Gasteiger charge is -2.17. The number of nitrogens with zero attached hydrogens (tertiary/aromatic N) is 2. The molecule has 0 bridgehead atoms. The van der Waals surface area contributed by atoms with Crippen LogP contribution >= 0.6 is 0 Å². The Balaban J connectivity index is 1.98. The van der Waals surface area contributed by atoms with Crippen molar-refractivity contribution in [3.05, 3.63) is 53.6 Å². The molecule has 0 radical (unpaired) electrons. The summed E-state index contributed by atoms with van der Waals surface area (Å²) in [5.74, 6) is 0.687. The van der Waals surface area contributed by atoms with E-state index in [0.717, 1.165) is 11.3 Å². The van der Waals surface area contributed by atoms with E-state index in [1.165, 1.54) is 14.2 Å². The average molecular weight is 357 g/mol. The van der Waals surface area contributed by atoms with Crippen molar-refractivity contribution in [2.24, 2.45) is 5.10 Å². The molecule has 7 heteroatoms. The van der Waals surface area contributed by atoms with Gasteiger partial charge in [0.15, 0.2) is 11.5 Å². The van der Waals surface area contributed by atoms with Crippen LogP contribution in [0.2, 0.25) is 0 Å². The summed E-state index contributed by atoms with van der Waals surface area (Å²) < 4.78 is 10.3. The van der Waals surface area contributed by atoms with Crippen molar-refractivity contribution >= 4 is 17.8 Å². The Labute approximate surface area is 152 Å². The molecule has 0 aliphatic carbocycles. The number of rotatable bonds is 8. The highest BCUT2D eigenvalue weighted by molar-refractivity contribution is 5.95. The highest BCUT2D eigenvalue weighted by Gasteiger charge is 2.09. The van der Waals surface area contributed by atoms with Gasteiger partial charge in [0.05, 0.1) is 27.0 Å². The maximum Gasteiger partial charge on any atom is 0.271 e. The van der Waals surface area contributed by atoms with Gasteiger partial charge >= 0.3 is 0 Å². The monoisotopic (exact) mass is 357 g/mol. The molecule has 0 unspecified atom stereocenters. The molecule has 2 aromatic rings. The summed E-state index contributed by atoms with van der Waals surface area (Å²) in [7, 11) is 4.96. The van der Waals surface area contributed by atoms with Gasteiger partial charge in [-0.1, -0.05) is 12.1 Å². The third-order valence-corrected chi connectivity index (χ3v) is 3.79. The molecule has 138 valence electrons. The van der Waals surface area contributed by atoms with Crippen molar-refractivity contribution in [2.45, 2.75) is 0 Å². The maximum atomic E-state index is 12.2. The second kappa shape index (κ2) is 9.43. The lowest BCUT2D eigenvalue weighted by atomic mass is 10.2. The summed E-state index contributed by atoms with van der Waals surface area (Å²) in [6.45, 7) is 0.663. The van der Waals surface area contributed by atoms with E-state index in [9.17, 15) is 4.79 Å². The SMILES string of the molecule is COc1ccc(C(=O)N/N=C/c2ccc(N(C)CCO)cc2)cc1OC. The van der Waals surface area contributed by atoms with Gasteiger partial charge in [0.2, 0.25) is 0 Å². The molecular weight excluding hydrogens is 334 g/mol. The zero-order valence-corrected chi connectivity index (χ0v) is 15.1. The number of hydrogen-bond acceptors (Lipinski definition) is 6. The average Bonchev–Trinajstić information content (AvgIpc) is 2.68. The molecule has 7 nitrogen and oxygen atoms in total. The number of benzene rings is 2. The lowest BCUT2D eigenvalue weighted by molar-refractivity contribution is 0.0954. The third-order valence-electron chi connectivity index (χ3n) is 3.79. The minimum atomic E-state index is -0.346. The number of ether oxygens (including phenoxy) is 2. The first-order valence-corrected chi connectivity index (χ1v) is 8.06. The summed E-state index contributed by atoms with van der Waals surface area (Å²) in [4.78, 5) is 14.1. The van der Waals surface area contributed by atoms with Crippen LogP contribution in [0.1, 0.15) is 15.9 Å². The van der Waals surface area contributed by atoms with Crippen LogP contribution in [0.4, 0.5) is 5.69 Å². The number of hydrazone groups is 1. The van der Waals surface area contributed by atoms with Crippen molar-refractivity contribution in [2.75, 3.05) is 39.3 Å². The number of aliphatic hydroxyl groups excluding tert-OH is 1. The van der Waals surface area contributed by atoms with Crippen molar-refractivity contribution < 1.29 is 19.4 Å². The number of carbonyl (C=O) groups is 1. The lowest BCUT2D eigenvalue weighted by Crippen LogP contribution is -2.20. The van der Waals surface area contributed by atoms with Crippen LogP contribution in [0.3, 0.4) is 0 Å². The Morgan fingerprint density at radius 2 is 1.85 bits per heavy atom. The van der Waals surface area contributed by atoms with Crippen molar-refractivity contribution in [1.82, 2.24) is 5.43 Å². The second-order valence-electron chi connectivity index (χ2n) is 5.51. The van der Waals surface area contributed by atoms with E-state index >= 15 is 0 Å². The molecule has 0 aliphatic heterocycles. The fourth-order valence-electron chi connectivity index (χ4n) is 2.30. The standard InChI is InChI=1S/C19H23N3O4/c1-22(10-11-23)16-7-4-14(5-8-16)13-20-21-19(24)15-6-9-17(25-2)18(12-15)26-3/h4-9,12-13,23H,10-11H2,1-3H3,(H,21,24)/b20-13+. The van der Waals surface area contributed by atoms with Crippen LogP contribution in [-0.2, 0) is 0 Å². The van der Waals surface area contributed by atoms with Crippen molar-refractivity contribution in [3.8, 4) is 11.5 Å². The third kappa shape index (κ3) is 4.97. The number of anilines is 1. The van der Waals surface area contributed by atoms with Gasteiger partial charge in [0.25, 0.3) is 5.91 Å². The first kappa shape index (κ1) is 19.3.